The van der Waals surface area contributed by atoms with Crippen molar-refractivity contribution >= 4 is 18.4 Å². The highest BCUT2D eigenvalue weighted by Gasteiger charge is 2.18. The van der Waals surface area contributed by atoms with Gasteiger partial charge in [0.25, 0.3) is 5.89 Å². The van der Waals surface area contributed by atoms with Crippen LogP contribution in [-0.4, -0.2) is 48.5 Å². The van der Waals surface area contributed by atoms with E-state index in [2.05, 4.69) is 26.1 Å². The molecular formula is C15H18ClF2N5O3. The van der Waals surface area contributed by atoms with Crippen LogP contribution in [0.15, 0.2) is 22.7 Å². The van der Waals surface area contributed by atoms with E-state index in [-0.39, 0.29) is 36.8 Å². The number of urea groups is 1. The Morgan fingerprint density at radius 3 is 2.77 bits per heavy atom. The number of hydrogen-bond donors (Lipinski definition) is 3. The summed E-state index contributed by atoms with van der Waals surface area (Å²) in [6, 6.07) is 2.99. The Kier molecular flexibility index (Phi) is 7.25. The number of carbonyl (C=O) groups is 1. The van der Waals surface area contributed by atoms with E-state index in [1.54, 1.807) is 0 Å². The summed E-state index contributed by atoms with van der Waals surface area (Å²) in [5.41, 5.74) is -0.396. The summed E-state index contributed by atoms with van der Waals surface area (Å²) in [6.07, 6.45) is -0.0830. The van der Waals surface area contributed by atoms with Gasteiger partial charge >= 0.3 is 6.03 Å². The van der Waals surface area contributed by atoms with Crippen LogP contribution in [0, 0.1) is 11.6 Å². The average Bonchev–Trinajstić information content (AvgIpc) is 3.07. The van der Waals surface area contributed by atoms with Gasteiger partial charge in [0, 0.05) is 19.6 Å². The van der Waals surface area contributed by atoms with Crippen LogP contribution in [-0.2, 0) is 11.3 Å². The van der Waals surface area contributed by atoms with Crippen molar-refractivity contribution in [2.24, 2.45) is 0 Å². The van der Waals surface area contributed by atoms with Gasteiger partial charge in [0.1, 0.15) is 17.2 Å². The number of ether oxygens (including phenoxy) is 1. The molecule has 1 aromatic heterocycles. The Bertz CT molecular complexity index is 720. The quantitative estimate of drug-likeness (QED) is 0.711. The van der Waals surface area contributed by atoms with Crippen LogP contribution in [0.1, 0.15) is 5.82 Å². The number of hydrogen-bond acceptors (Lipinski definition) is 6. The van der Waals surface area contributed by atoms with Crippen molar-refractivity contribution in [3.8, 4) is 11.5 Å². The first-order valence-corrected chi connectivity index (χ1v) is 7.74. The topological polar surface area (TPSA) is 101 Å². The van der Waals surface area contributed by atoms with E-state index < -0.39 is 23.2 Å². The van der Waals surface area contributed by atoms with Crippen molar-refractivity contribution in [2.45, 2.75) is 12.6 Å². The predicted molar refractivity (Wildman–Crippen MR) is 89.7 cm³/mol. The molecule has 0 spiro atoms. The van der Waals surface area contributed by atoms with E-state index >= 15 is 0 Å². The predicted octanol–water partition coefficient (Wildman–Crippen LogP) is 1.22. The maximum Gasteiger partial charge on any atom is 0.315 e. The molecule has 0 bridgehead atoms. The van der Waals surface area contributed by atoms with Gasteiger partial charge in [0.05, 0.1) is 19.3 Å². The monoisotopic (exact) mass is 389 g/mol. The summed E-state index contributed by atoms with van der Waals surface area (Å²) in [7, 11) is 0. The number of halogens is 3. The maximum atomic E-state index is 13.7. The first-order chi connectivity index (χ1) is 12.1. The second-order valence-corrected chi connectivity index (χ2v) is 5.37. The minimum atomic E-state index is -0.804. The molecule has 26 heavy (non-hydrogen) atoms. The molecule has 1 aromatic carbocycles. The van der Waals surface area contributed by atoms with Gasteiger partial charge < -0.3 is 25.2 Å². The normalized spacial score (nSPS) is 16.6. The summed E-state index contributed by atoms with van der Waals surface area (Å²) < 4.78 is 37.7. The smallest absolute Gasteiger partial charge is 0.315 e. The number of nitrogens with one attached hydrogen (secondary N) is 3. The number of aromatic nitrogens is 2. The fourth-order valence-corrected chi connectivity index (χ4v) is 2.31. The zero-order chi connectivity index (χ0) is 17.6. The van der Waals surface area contributed by atoms with Gasteiger partial charge in [0.15, 0.2) is 5.82 Å². The molecule has 0 radical (unpaired) electrons. The maximum absolute atomic E-state index is 13.7. The van der Waals surface area contributed by atoms with Gasteiger partial charge in [-0.1, -0.05) is 11.2 Å². The molecule has 142 valence electrons. The van der Waals surface area contributed by atoms with Crippen LogP contribution < -0.4 is 16.0 Å². The lowest BCUT2D eigenvalue weighted by Gasteiger charge is -2.23. The van der Waals surface area contributed by atoms with Crippen LogP contribution in [0.3, 0.4) is 0 Å². The molecule has 1 aliphatic rings. The van der Waals surface area contributed by atoms with Crippen LogP contribution in [0.5, 0.6) is 0 Å². The highest BCUT2D eigenvalue weighted by atomic mass is 35.5. The van der Waals surface area contributed by atoms with E-state index in [0.717, 1.165) is 18.7 Å². The number of amides is 2. The van der Waals surface area contributed by atoms with Crippen molar-refractivity contribution in [3.63, 3.8) is 0 Å². The van der Waals surface area contributed by atoms with Gasteiger partial charge in [-0.15, -0.1) is 12.4 Å². The molecule has 2 heterocycles. The van der Waals surface area contributed by atoms with Gasteiger partial charge in [-0.05, 0) is 12.1 Å². The molecule has 11 heteroatoms. The molecule has 1 saturated heterocycles. The zero-order valence-electron chi connectivity index (χ0n) is 13.6. The molecule has 0 aliphatic carbocycles. The summed E-state index contributed by atoms with van der Waals surface area (Å²) in [5.74, 6) is -1.79. The Hall–Kier alpha value is -2.30. The third-order valence-corrected chi connectivity index (χ3v) is 3.55. The van der Waals surface area contributed by atoms with Crippen LogP contribution in [0.25, 0.3) is 11.5 Å². The van der Waals surface area contributed by atoms with Crippen LogP contribution in [0.4, 0.5) is 13.6 Å². The molecule has 1 aliphatic heterocycles. The number of carbonyl (C=O) groups excluding carboxylic acids is 1. The second-order valence-electron chi connectivity index (χ2n) is 5.37. The largest absolute Gasteiger partial charge is 0.374 e. The van der Waals surface area contributed by atoms with Crippen molar-refractivity contribution < 1.29 is 22.8 Å². The first kappa shape index (κ1) is 20.0. The molecule has 3 N–H and O–H groups in total. The Morgan fingerprint density at radius 2 is 2.08 bits per heavy atom. The van der Waals surface area contributed by atoms with E-state index in [4.69, 9.17) is 9.26 Å². The Balaban J connectivity index is 0.00000243. The number of rotatable bonds is 5. The van der Waals surface area contributed by atoms with Gasteiger partial charge in [-0.25, -0.2) is 13.6 Å². The lowest BCUT2D eigenvalue weighted by Crippen LogP contribution is -2.47. The number of nitrogens with zero attached hydrogens (tertiary/aromatic N) is 2. The molecule has 8 nitrogen and oxygen atoms in total. The molecule has 1 unspecified atom stereocenters. The summed E-state index contributed by atoms with van der Waals surface area (Å²) in [4.78, 5) is 15.6. The van der Waals surface area contributed by atoms with Crippen molar-refractivity contribution in [2.75, 3.05) is 26.2 Å². The molecule has 1 atom stereocenters. The minimum Gasteiger partial charge on any atom is -0.374 e. The summed E-state index contributed by atoms with van der Waals surface area (Å²) in [5, 5.41) is 11.9. The third kappa shape index (κ3) is 5.10. The number of benzene rings is 1. The molecule has 3 rings (SSSR count). The van der Waals surface area contributed by atoms with E-state index in [1.165, 1.54) is 6.07 Å². The molecule has 1 fully saturated rings. The first-order valence-electron chi connectivity index (χ1n) is 7.74. The number of morpholine rings is 1. The zero-order valence-corrected chi connectivity index (χ0v) is 14.4. The molecular weight excluding hydrogens is 372 g/mol. The second kappa shape index (κ2) is 9.41. The lowest BCUT2D eigenvalue weighted by atomic mass is 10.2. The minimum absolute atomic E-state index is 0. The average molecular weight is 390 g/mol. The van der Waals surface area contributed by atoms with Crippen LogP contribution in [0.2, 0.25) is 0 Å². The van der Waals surface area contributed by atoms with Crippen molar-refractivity contribution in [1.29, 1.82) is 0 Å². The van der Waals surface area contributed by atoms with Crippen molar-refractivity contribution in [3.05, 3.63) is 35.7 Å². The van der Waals surface area contributed by atoms with E-state index in [0.29, 0.717) is 19.7 Å². The van der Waals surface area contributed by atoms with Gasteiger partial charge in [-0.3, -0.25) is 0 Å². The van der Waals surface area contributed by atoms with Crippen LogP contribution >= 0.6 is 12.4 Å². The Labute approximate surface area is 154 Å². The Morgan fingerprint density at radius 1 is 1.31 bits per heavy atom. The SMILES string of the molecule is Cl.O=C(NCc1noc(-c2c(F)cccc2F)n1)NCC1CNCCO1. The highest BCUT2D eigenvalue weighted by molar-refractivity contribution is 5.85. The molecule has 0 saturated carbocycles. The highest BCUT2D eigenvalue weighted by Crippen LogP contribution is 2.24. The van der Waals surface area contributed by atoms with Gasteiger partial charge in [0.2, 0.25) is 0 Å². The third-order valence-electron chi connectivity index (χ3n) is 3.55. The fourth-order valence-electron chi connectivity index (χ4n) is 2.31. The summed E-state index contributed by atoms with van der Waals surface area (Å²) >= 11 is 0. The summed E-state index contributed by atoms with van der Waals surface area (Å²) in [6.45, 7) is 2.38. The molecule has 2 amide bonds. The van der Waals surface area contributed by atoms with E-state index in [9.17, 15) is 13.6 Å². The lowest BCUT2D eigenvalue weighted by molar-refractivity contribution is 0.0307. The molecule has 2 aromatic rings. The standard InChI is InChI=1S/C15H17F2N5O3.ClH/c16-10-2-1-3-11(17)13(10)14-21-12(22-25-14)8-20-15(23)19-7-9-6-18-4-5-24-9;/h1-3,9,18H,4-8H2,(H2,19,20,23);1H. The van der Waals surface area contributed by atoms with Gasteiger partial charge in [-0.2, -0.15) is 4.98 Å². The van der Waals surface area contributed by atoms with E-state index in [1.807, 2.05) is 0 Å². The van der Waals surface area contributed by atoms with Crippen molar-refractivity contribution in [1.82, 2.24) is 26.1 Å². The fraction of sp³-hybridized carbons (Fsp3) is 0.400.